The Hall–Kier alpha value is -1.76. The molecule has 1 aromatic carbocycles. The van der Waals surface area contributed by atoms with Gasteiger partial charge in [0.15, 0.2) is 0 Å². The normalized spacial score (nSPS) is 20.5. The Kier molecular flexibility index (Phi) is 3.52. The van der Waals surface area contributed by atoms with Crippen LogP contribution in [0.5, 0.6) is 0 Å². The quantitative estimate of drug-likeness (QED) is 0.856. The fourth-order valence-corrected chi connectivity index (χ4v) is 2.61. The Labute approximate surface area is 127 Å². The number of nitrogens with one attached hydrogen (secondary N) is 1. The molecule has 1 fully saturated rings. The molecule has 0 spiro atoms. The van der Waals surface area contributed by atoms with Crippen molar-refractivity contribution in [3.63, 3.8) is 0 Å². The van der Waals surface area contributed by atoms with Crippen molar-refractivity contribution in [2.45, 2.75) is 18.4 Å². The molecule has 21 heavy (non-hydrogen) atoms. The lowest BCUT2D eigenvalue weighted by Crippen LogP contribution is -2.22. The number of benzene rings is 1. The second-order valence-corrected chi connectivity index (χ2v) is 5.76. The third-order valence-electron chi connectivity index (χ3n) is 3.25. The van der Waals surface area contributed by atoms with Crippen molar-refractivity contribution >= 4 is 38.5 Å². The molecule has 1 aliphatic rings. The molecule has 1 unspecified atom stereocenters. The maximum atomic E-state index is 13.1. The fourth-order valence-electron chi connectivity index (χ4n) is 2.26. The van der Waals surface area contributed by atoms with E-state index >= 15 is 0 Å². The highest BCUT2D eigenvalue weighted by atomic mass is 79.9. The molecule has 1 atom stereocenters. The van der Waals surface area contributed by atoms with Crippen LogP contribution < -0.4 is 5.32 Å². The van der Waals surface area contributed by atoms with Crippen molar-refractivity contribution in [3.8, 4) is 0 Å². The zero-order valence-corrected chi connectivity index (χ0v) is 12.4. The van der Waals surface area contributed by atoms with Gasteiger partial charge in [0.2, 0.25) is 0 Å². The van der Waals surface area contributed by atoms with E-state index in [1.54, 1.807) is 12.3 Å². The minimum Gasteiger partial charge on any atom is -0.456 e. The van der Waals surface area contributed by atoms with E-state index in [1.165, 1.54) is 0 Å². The minimum atomic E-state index is -3.38. The van der Waals surface area contributed by atoms with Gasteiger partial charge in [0.25, 0.3) is 0 Å². The van der Waals surface area contributed by atoms with E-state index in [-0.39, 0.29) is 6.54 Å². The number of esters is 1. The second-order valence-electron chi connectivity index (χ2n) is 4.85. The highest BCUT2D eigenvalue weighted by molar-refractivity contribution is 9.10. The molecule has 2 heterocycles. The number of rotatable bonds is 3. The molecule has 3 rings (SSSR count). The van der Waals surface area contributed by atoms with Gasteiger partial charge in [0.1, 0.15) is 6.10 Å². The van der Waals surface area contributed by atoms with Gasteiger partial charge in [-0.1, -0.05) is 12.1 Å². The van der Waals surface area contributed by atoms with Crippen molar-refractivity contribution < 1.29 is 18.3 Å². The fraction of sp³-hybridized carbons (Fsp3) is 0.286. The van der Waals surface area contributed by atoms with E-state index in [0.29, 0.717) is 5.69 Å². The predicted octanol–water partition coefficient (Wildman–Crippen LogP) is 3.36. The molecule has 1 saturated heterocycles. The molecule has 110 valence electrons. The maximum absolute atomic E-state index is 13.1. The van der Waals surface area contributed by atoms with E-state index in [2.05, 4.69) is 31.0 Å². The maximum Gasteiger partial charge on any atom is 0.377 e. The molecule has 1 aromatic heterocycles. The van der Waals surface area contributed by atoms with Crippen LogP contribution in [0, 0.1) is 0 Å². The molecular weight excluding hydrogens is 346 g/mol. The van der Waals surface area contributed by atoms with Gasteiger partial charge in [0.05, 0.1) is 24.2 Å². The number of aromatic nitrogens is 1. The molecule has 2 aromatic rings. The summed E-state index contributed by atoms with van der Waals surface area (Å²) in [6, 6.07) is 7.46. The third kappa shape index (κ3) is 2.83. The standard InChI is InChI=1S/C14H11BrF2N2O2/c15-9-4-8-2-1-3-11(12(8)19-6-9)18-7-10-5-14(16,17)13(20)21-10/h1-4,6,10,18H,5,7H2. The molecule has 1 aliphatic heterocycles. The number of hydrogen-bond acceptors (Lipinski definition) is 4. The second kappa shape index (κ2) is 5.22. The number of para-hydroxylation sites is 1. The van der Waals surface area contributed by atoms with Crippen LogP contribution in [0.1, 0.15) is 6.42 Å². The minimum absolute atomic E-state index is 0.123. The van der Waals surface area contributed by atoms with Crippen LogP contribution in [0.15, 0.2) is 34.9 Å². The highest BCUT2D eigenvalue weighted by Crippen LogP contribution is 2.31. The Morgan fingerprint density at radius 2 is 2.29 bits per heavy atom. The number of anilines is 1. The van der Waals surface area contributed by atoms with Crippen LogP contribution in [-0.4, -0.2) is 29.5 Å². The number of carbonyl (C=O) groups excluding carboxylic acids is 1. The van der Waals surface area contributed by atoms with Crippen molar-refractivity contribution in [1.82, 2.24) is 4.98 Å². The van der Waals surface area contributed by atoms with E-state index in [9.17, 15) is 13.6 Å². The van der Waals surface area contributed by atoms with E-state index < -0.39 is 24.4 Å². The lowest BCUT2D eigenvalue weighted by Gasteiger charge is -2.12. The molecular formula is C14H11BrF2N2O2. The number of pyridine rings is 1. The summed E-state index contributed by atoms with van der Waals surface area (Å²) in [6.45, 7) is 0.123. The molecule has 1 N–H and O–H groups in total. The average Bonchev–Trinajstić information content (AvgIpc) is 2.69. The SMILES string of the molecule is O=C1OC(CNc2cccc3cc(Br)cnc23)CC1(F)F. The van der Waals surface area contributed by atoms with Crippen LogP contribution in [0.25, 0.3) is 10.9 Å². The first-order valence-electron chi connectivity index (χ1n) is 6.33. The Morgan fingerprint density at radius 1 is 1.48 bits per heavy atom. The molecule has 0 saturated carbocycles. The summed E-state index contributed by atoms with van der Waals surface area (Å²) in [4.78, 5) is 15.3. The van der Waals surface area contributed by atoms with Crippen LogP contribution in [0.4, 0.5) is 14.5 Å². The Balaban J connectivity index is 1.76. The Bertz CT molecular complexity index is 708. The topological polar surface area (TPSA) is 51.2 Å². The summed E-state index contributed by atoms with van der Waals surface area (Å²) in [5.74, 6) is -4.83. The summed E-state index contributed by atoms with van der Waals surface area (Å²) in [5, 5.41) is 3.94. The van der Waals surface area contributed by atoms with Crippen molar-refractivity contribution in [1.29, 1.82) is 0 Å². The van der Waals surface area contributed by atoms with Gasteiger partial charge in [-0.15, -0.1) is 0 Å². The average molecular weight is 357 g/mol. The first kappa shape index (κ1) is 14.2. The molecule has 0 aliphatic carbocycles. The summed E-state index contributed by atoms with van der Waals surface area (Å²) in [5.41, 5.74) is 1.45. The van der Waals surface area contributed by atoms with Crippen LogP contribution >= 0.6 is 15.9 Å². The van der Waals surface area contributed by atoms with Gasteiger partial charge in [-0.25, -0.2) is 4.79 Å². The van der Waals surface area contributed by atoms with E-state index in [1.807, 2.05) is 18.2 Å². The van der Waals surface area contributed by atoms with E-state index in [4.69, 9.17) is 0 Å². The number of hydrogen-bond donors (Lipinski definition) is 1. The van der Waals surface area contributed by atoms with E-state index in [0.717, 1.165) is 15.4 Å². The summed E-state index contributed by atoms with van der Waals surface area (Å²) in [6.07, 6.45) is 0.234. The largest absolute Gasteiger partial charge is 0.456 e. The number of nitrogens with zero attached hydrogens (tertiary/aromatic N) is 1. The number of halogens is 3. The summed E-state index contributed by atoms with van der Waals surface area (Å²) < 4.78 is 31.7. The monoisotopic (exact) mass is 356 g/mol. The molecule has 0 radical (unpaired) electrons. The first-order chi connectivity index (χ1) is 9.95. The zero-order valence-electron chi connectivity index (χ0n) is 10.8. The number of cyclic esters (lactones) is 1. The van der Waals surface area contributed by atoms with Crippen LogP contribution in [0.3, 0.4) is 0 Å². The number of carbonyl (C=O) groups is 1. The smallest absolute Gasteiger partial charge is 0.377 e. The van der Waals surface area contributed by atoms with Gasteiger partial charge in [-0.05, 0) is 28.1 Å². The van der Waals surface area contributed by atoms with Crippen LogP contribution in [-0.2, 0) is 9.53 Å². The molecule has 0 amide bonds. The van der Waals surface area contributed by atoms with Gasteiger partial charge in [-0.3, -0.25) is 4.98 Å². The molecule has 4 nitrogen and oxygen atoms in total. The van der Waals surface area contributed by atoms with Gasteiger partial charge in [0, 0.05) is 16.1 Å². The molecule has 0 bridgehead atoms. The van der Waals surface area contributed by atoms with Crippen molar-refractivity contribution in [3.05, 3.63) is 34.9 Å². The summed E-state index contributed by atoms with van der Waals surface area (Å²) >= 11 is 3.35. The number of alkyl halides is 2. The number of ether oxygens (including phenoxy) is 1. The van der Waals surface area contributed by atoms with Crippen molar-refractivity contribution in [2.24, 2.45) is 0 Å². The lowest BCUT2D eigenvalue weighted by molar-refractivity contribution is -0.158. The lowest BCUT2D eigenvalue weighted by atomic mass is 10.1. The van der Waals surface area contributed by atoms with Gasteiger partial charge < -0.3 is 10.1 Å². The third-order valence-corrected chi connectivity index (χ3v) is 3.69. The number of fused-ring (bicyclic) bond motifs is 1. The van der Waals surface area contributed by atoms with Crippen molar-refractivity contribution in [2.75, 3.05) is 11.9 Å². The van der Waals surface area contributed by atoms with Gasteiger partial charge >= 0.3 is 11.9 Å². The van der Waals surface area contributed by atoms with Gasteiger partial charge in [-0.2, -0.15) is 8.78 Å². The molecule has 7 heteroatoms. The zero-order chi connectivity index (χ0) is 15.0. The Morgan fingerprint density at radius 3 is 3.00 bits per heavy atom. The first-order valence-corrected chi connectivity index (χ1v) is 7.12. The highest BCUT2D eigenvalue weighted by Gasteiger charge is 2.50. The van der Waals surface area contributed by atoms with Crippen LogP contribution in [0.2, 0.25) is 0 Å². The summed E-state index contributed by atoms with van der Waals surface area (Å²) in [7, 11) is 0. The predicted molar refractivity (Wildman–Crippen MR) is 77.4 cm³/mol.